The molecular weight excluding hydrogens is 238 g/mol. The van der Waals surface area contributed by atoms with Crippen LogP contribution in [0.15, 0.2) is 36.5 Å². The lowest BCUT2D eigenvalue weighted by Gasteiger charge is -2.13. The van der Waals surface area contributed by atoms with Gasteiger partial charge < -0.3 is 14.6 Å². The van der Waals surface area contributed by atoms with Gasteiger partial charge in [0.2, 0.25) is 5.95 Å². The molecular formula is C15H21N3O. The summed E-state index contributed by atoms with van der Waals surface area (Å²) in [6, 6.07) is 10.2. The fourth-order valence-electron chi connectivity index (χ4n) is 1.89. The van der Waals surface area contributed by atoms with Crippen molar-refractivity contribution in [3.05, 3.63) is 42.2 Å². The molecule has 0 spiro atoms. The molecule has 2 rings (SSSR count). The molecule has 2 aromatic rings. The minimum atomic E-state index is 0.402. The summed E-state index contributed by atoms with van der Waals surface area (Å²) in [6.45, 7) is 7.65. The van der Waals surface area contributed by atoms with Gasteiger partial charge in [0.05, 0.1) is 12.2 Å². The molecule has 0 aliphatic heterocycles. The molecule has 4 heteroatoms. The largest absolute Gasteiger partial charge is 0.492 e. The van der Waals surface area contributed by atoms with Crippen LogP contribution < -0.4 is 10.1 Å². The molecule has 0 fully saturated rings. The van der Waals surface area contributed by atoms with Crippen LogP contribution in [0.3, 0.4) is 0 Å². The topological polar surface area (TPSA) is 39.1 Å². The maximum atomic E-state index is 5.64. The first kappa shape index (κ1) is 13.5. The minimum Gasteiger partial charge on any atom is -0.492 e. The van der Waals surface area contributed by atoms with Crippen molar-refractivity contribution in [1.29, 1.82) is 0 Å². The fourth-order valence-corrected chi connectivity index (χ4v) is 1.89. The number of aryl methyl sites for hydroxylation is 1. The molecule has 1 aromatic heterocycles. The highest BCUT2D eigenvalue weighted by Crippen LogP contribution is 2.15. The van der Waals surface area contributed by atoms with Crippen LogP contribution in [0, 0.1) is 6.92 Å². The normalized spacial score (nSPS) is 10.7. The summed E-state index contributed by atoms with van der Waals surface area (Å²) in [5.41, 5.74) is 1.03. The lowest BCUT2D eigenvalue weighted by Crippen LogP contribution is -2.15. The monoisotopic (exact) mass is 259 g/mol. The Labute approximate surface area is 114 Å². The zero-order valence-corrected chi connectivity index (χ0v) is 11.8. The first-order valence-electron chi connectivity index (χ1n) is 6.64. The quantitative estimate of drug-likeness (QED) is 0.809. The second kappa shape index (κ2) is 6.27. The van der Waals surface area contributed by atoms with Crippen LogP contribution in [0.1, 0.15) is 25.6 Å². The number of ether oxygens (including phenoxy) is 1. The Morgan fingerprint density at radius 1 is 1.26 bits per heavy atom. The van der Waals surface area contributed by atoms with Crippen LogP contribution in [0.2, 0.25) is 0 Å². The lowest BCUT2D eigenvalue weighted by atomic mass is 10.3. The molecule has 1 N–H and O–H groups in total. The summed E-state index contributed by atoms with van der Waals surface area (Å²) < 4.78 is 7.77. The van der Waals surface area contributed by atoms with E-state index >= 15 is 0 Å². The number of benzene rings is 1. The first-order chi connectivity index (χ1) is 9.16. The molecule has 0 bridgehead atoms. The summed E-state index contributed by atoms with van der Waals surface area (Å²) in [5, 5.41) is 3.31. The zero-order valence-electron chi connectivity index (χ0n) is 11.8. The Hall–Kier alpha value is -1.97. The first-order valence-corrected chi connectivity index (χ1v) is 6.64. The number of aromatic nitrogens is 2. The van der Waals surface area contributed by atoms with Gasteiger partial charge in [-0.1, -0.05) is 18.2 Å². The number of hydrogen-bond acceptors (Lipinski definition) is 3. The van der Waals surface area contributed by atoms with Crippen LogP contribution in [0.5, 0.6) is 5.75 Å². The third-order valence-corrected chi connectivity index (χ3v) is 2.81. The maximum absolute atomic E-state index is 5.64. The second-order valence-electron chi connectivity index (χ2n) is 4.80. The summed E-state index contributed by atoms with van der Waals surface area (Å²) >= 11 is 0. The van der Waals surface area contributed by atoms with E-state index < -0.39 is 0 Å². The van der Waals surface area contributed by atoms with E-state index in [-0.39, 0.29) is 0 Å². The van der Waals surface area contributed by atoms with Crippen molar-refractivity contribution in [2.24, 2.45) is 0 Å². The third kappa shape index (κ3) is 3.74. The van der Waals surface area contributed by atoms with Gasteiger partial charge in [-0.25, -0.2) is 4.98 Å². The Bertz CT molecular complexity index is 505. The molecule has 0 saturated heterocycles. The highest BCUT2D eigenvalue weighted by Gasteiger charge is 2.07. The molecule has 102 valence electrons. The van der Waals surface area contributed by atoms with Gasteiger partial charge in [-0.15, -0.1) is 0 Å². The molecule has 4 nitrogen and oxygen atoms in total. The van der Waals surface area contributed by atoms with Crippen molar-refractivity contribution in [3.8, 4) is 5.75 Å². The fraction of sp³-hybridized carbons (Fsp3) is 0.400. The summed E-state index contributed by atoms with van der Waals surface area (Å²) in [7, 11) is 0. The van der Waals surface area contributed by atoms with E-state index in [9.17, 15) is 0 Å². The SMILES string of the molecule is Cc1cn(C(C)C)c(NCCOc2ccccc2)n1. The number of imidazole rings is 1. The van der Waals surface area contributed by atoms with Gasteiger partial charge in [0.25, 0.3) is 0 Å². The number of rotatable bonds is 6. The minimum absolute atomic E-state index is 0.402. The van der Waals surface area contributed by atoms with E-state index in [4.69, 9.17) is 4.74 Å². The smallest absolute Gasteiger partial charge is 0.203 e. The van der Waals surface area contributed by atoms with E-state index in [1.54, 1.807) is 0 Å². The lowest BCUT2D eigenvalue weighted by molar-refractivity contribution is 0.332. The van der Waals surface area contributed by atoms with E-state index in [1.165, 1.54) is 0 Å². The van der Waals surface area contributed by atoms with Crippen LogP contribution >= 0.6 is 0 Å². The summed E-state index contributed by atoms with van der Waals surface area (Å²) in [4.78, 5) is 4.47. The van der Waals surface area contributed by atoms with Gasteiger partial charge in [-0.3, -0.25) is 0 Å². The molecule has 0 saturated carbocycles. The number of nitrogens with one attached hydrogen (secondary N) is 1. The molecule has 1 heterocycles. The molecule has 0 amide bonds. The van der Waals surface area contributed by atoms with Crippen molar-refractivity contribution >= 4 is 5.95 Å². The predicted molar refractivity (Wildman–Crippen MR) is 77.8 cm³/mol. The molecule has 0 radical (unpaired) electrons. The number of anilines is 1. The van der Waals surface area contributed by atoms with Gasteiger partial charge in [-0.05, 0) is 32.9 Å². The summed E-state index contributed by atoms with van der Waals surface area (Å²) in [5.74, 6) is 1.80. The number of nitrogens with zero attached hydrogens (tertiary/aromatic N) is 2. The molecule has 0 atom stereocenters. The Kier molecular flexibility index (Phi) is 4.44. The van der Waals surface area contributed by atoms with Crippen molar-refractivity contribution in [2.75, 3.05) is 18.5 Å². The van der Waals surface area contributed by atoms with Crippen molar-refractivity contribution < 1.29 is 4.74 Å². The Morgan fingerprint density at radius 3 is 2.68 bits per heavy atom. The van der Waals surface area contributed by atoms with Crippen molar-refractivity contribution in [3.63, 3.8) is 0 Å². The van der Waals surface area contributed by atoms with E-state index in [0.717, 1.165) is 23.9 Å². The van der Waals surface area contributed by atoms with E-state index in [2.05, 4.69) is 34.9 Å². The van der Waals surface area contributed by atoms with Gasteiger partial charge in [-0.2, -0.15) is 0 Å². The standard InChI is InChI=1S/C15H21N3O/c1-12(2)18-11-13(3)17-15(18)16-9-10-19-14-7-5-4-6-8-14/h4-8,11-12H,9-10H2,1-3H3,(H,16,17). The van der Waals surface area contributed by atoms with Gasteiger partial charge in [0.15, 0.2) is 0 Å². The average Bonchev–Trinajstić information content (AvgIpc) is 2.77. The molecule has 0 aliphatic carbocycles. The molecule has 0 aliphatic rings. The second-order valence-corrected chi connectivity index (χ2v) is 4.80. The highest BCUT2D eigenvalue weighted by molar-refractivity contribution is 5.29. The number of para-hydroxylation sites is 1. The zero-order chi connectivity index (χ0) is 13.7. The van der Waals surface area contributed by atoms with E-state index in [1.807, 2.05) is 37.3 Å². The average molecular weight is 259 g/mol. The predicted octanol–water partition coefficient (Wildman–Crippen LogP) is 3.26. The highest BCUT2D eigenvalue weighted by atomic mass is 16.5. The number of hydrogen-bond donors (Lipinski definition) is 1. The van der Waals surface area contributed by atoms with E-state index in [0.29, 0.717) is 12.6 Å². The molecule has 19 heavy (non-hydrogen) atoms. The van der Waals surface area contributed by atoms with Crippen LogP contribution in [0.4, 0.5) is 5.95 Å². The Morgan fingerprint density at radius 2 is 2.00 bits per heavy atom. The van der Waals surface area contributed by atoms with Crippen LogP contribution in [-0.4, -0.2) is 22.7 Å². The third-order valence-electron chi connectivity index (χ3n) is 2.81. The van der Waals surface area contributed by atoms with Gasteiger partial charge >= 0.3 is 0 Å². The maximum Gasteiger partial charge on any atom is 0.203 e. The van der Waals surface area contributed by atoms with Crippen molar-refractivity contribution in [2.45, 2.75) is 26.8 Å². The Balaban J connectivity index is 1.83. The van der Waals surface area contributed by atoms with Gasteiger partial charge in [0, 0.05) is 12.2 Å². The van der Waals surface area contributed by atoms with Crippen LogP contribution in [0.25, 0.3) is 0 Å². The molecule has 1 aromatic carbocycles. The van der Waals surface area contributed by atoms with Crippen LogP contribution in [-0.2, 0) is 0 Å². The van der Waals surface area contributed by atoms with Gasteiger partial charge in [0.1, 0.15) is 12.4 Å². The summed E-state index contributed by atoms with van der Waals surface area (Å²) in [6.07, 6.45) is 2.06. The van der Waals surface area contributed by atoms with Crippen molar-refractivity contribution in [1.82, 2.24) is 9.55 Å². The molecule has 0 unspecified atom stereocenters.